The Balaban J connectivity index is 2.35. The molecule has 0 aliphatic carbocycles. The van der Waals surface area contributed by atoms with E-state index in [1.54, 1.807) is 25.9 Å². The zero-order chi connectivity index (χ0) is 11.3. The first-order valence-electron chi connectivity index (χ1n) is 4.69. The van der Waals surface area contributed by atoms with Gasteiger partial charge < -0.3 is 4.74 Å². The fourth-order valence-electron chi connectivity index (χ4n) is 1.11. The predicted octanol–water partition coefficient (Wildman–Crippen LogP) is -0.795. The van der Waals surface area contributed by atoms with E-state index in [-0.39, 0.29) is 12.5 Å². The smallest absolute Gasteiger partial charge is 0.320 e. The summed E-state index contributed by atoms with van der Waals surface area (Å²) in [5.41, 5.74) is 0. The van der Waals surface area contributed by atoms with Crippen molar-refractivity contribution in [3.8, 4) is 0 Å². The van der Waals surface area contributed by atoms with Crippen molar-refractivity contribution in [2.24, 2.45) is 7.05 Å². The Morgan fingerprint density at radius 3 is 2.87 bits per heavy atom. The van der Waals surface area contributed by atoms with Crippen LogP contribution in [0.1, 0.15) is 12.7 Å². The SMILES string of the molecule is CCOC(=O)CN(C)Cc1nnn(C)n1. The van der Waals surface area contributed by atoms with Gasteiger partial charge in [-0.1, -0.05) is 0 Å². The summed E-state index contributed by atoms with van der Waals surface area (Å²) >= 11 is 0. The van der Waals surface area contributed by atoms with Gasteiger partial charge in [0.15, 0.2) is 5.82 Å². The lowest BCUT2D eigenvalue weighted by atomic mass is 10.5. The highest BCUT2D eigenvalue weighted by atomic mass is 16.5. The summed E-state index contributed by atoms with van der Waals surface area (Å²) < 4.78 is 4.81. The highest BCUT2D eigenvalue weighted by Gasteiger charge is 2.10. The first kappa shape index (κ1) is 11.6. The first-order valence-corrected chi connectivity index (χ1v) is 4.69. The van der Waals surface area contributed by atoms with Gasteiger partial charge in [0.1, 0.15) is 0 Å². The molecule has 15 heavy (non-hydrogen) atoms. The fourth-order valence-corrected chi connectivity index (χ4v) is 1.11. The molecule has 0 spiro atoms. The molecular formula is C8H15N5O2. The molecule has 7 heteroatoms. The lowest BCUT2D eigenvalue weighted by Crippen LogP contribution is -2.27. The molecule has 0 unspecified atom stereocenters. The lowest BCUT2D eigenvalue weighted by Gasteiger charge is -2.12. The van der Waals surface area contributed by atoms with Gasteiger partial charge in [0, 0.05) is 0 Å². The number of esters is 1. The van der Waals surface area contributed by atoms with Gasteiger partial charge in [-0.05, 0) is 19.2 Å². The lowest BCUT2D eigenvalue weighted by molar-refractivity contribution is -0.144. The number of tetrazole rings is 1. The Bertz CT molecular complexity index is 325. The van der Waals surface area contributed by atoms with E-state index < -0.39 is 0 Å². The standard InChI is InChI=1S/C8H15N5O2/c1-4-15-8(14)6-12(2)5-7-9-11-13(3)10-7/h4-6H2,1-3H3. The van der Waals surface area contributed by atoms with E-state index in [2.05, 4.69) is 15.4 Å². The minimum Gasteiger partial charge on any atom is -0.465 e. The van der Waals surface area contributed by atoms with Gasteiger partial charge >= 0.3 is 5.97 Å². The average Bonchev–Trinajstić information content (AvgIpc) is 2.51. The van der Waals surface area contributed by atoms with Crippen LogP contribution < -0.4 is 0 Å². The van der Waals surface area contributed by atoms with Crippen molar-refractivity contribution in [1.82, 2.24) is 25.1 Å². The second kappa shape index (κ2) is 5.40. The van der Waals surface area contributed by atoms with E-state index in [9.17, 15) is 4.79 Å². The number of rotatable bonds is 5. The second-order valence-corrected chi connectivity index (χ2v) is 3.17. The van der Waals surface area contributed by atoms with E-state index in [1.165, 1.54) is 4.80 Å². The van der Waals surface area contributed by atoms with Crippen LogP contribution in [0.3, 0.4) is 0 Å². The highest BCUT2D eigenvalue weighted by Crippen LogP contribution is 1.94. The number of ether oxygens (including phenoxy) is 1. The average molecular weight is 213 g/mol. The largest absolute Gasteiger partial charge is 0.465 e. The van der Waals surface area contributed by atoms with Gasteiger partial charge in [-0.3, -0.25) is 9.69 Å². The van der Waals surface area contributed by atoms with Crippen LogP contribution in [-0.2, 0) is 23.1 Å². The van der Waals surface area contributed by atoms with Crippen molar-refractivity contribution in [2.45, 2.75) is 13.5 Å². The van der Waals surface area contributed by atoms with Crippen LogP contribution in [0.2, 0.25) is 0 Å². The molecule has 84 valence electrons. The molecule has 0 aliphatic heterocycles. The minimum absolute atomic E-state index is 0.228. The predicted molar refractivity (Wildman–Crippen MR) is 51.8 cm³/mol. The summed E-state index contributed by atoms with van der Waals surface area (Å²) in [4.78, 5) is 14.3. The number of hydrogen-bond acceptors (Lipinski definition) is 6. The van der Waals surface area contributed by atoms with Crippen LogP contribution in [0.15, 0.2) is 0 Å². The molecule has 1 aromatic heterocycles. The van der Waals surface area contributed by atoms with Gasteiger partial charge in [0.25, 0.3) is 0 Å². The molecule has 0 N–H and O–H groups in total. The van der Waals surface area contributed by atoms with Crippen molar-refractivity contribution < 1.29 is 9.53 Å². The maximum atomic E-state index is 11.1. The summed E-state index contributed by atoms with van der Waals surface area (Å²) in [6.45, 7) is 2.89. The van der Waals surface area contributed by atoms with Gasteiger partial charge in [0.05, 0.1) is 26.7 Å². The number of aromatic nitrogens is 4. The van der Waals surface area contributed by atoms with Crippen LogP contribution in [0.4, 0.5) is 0 Å². The fraction of sp³-hybridized carbons (Fsp3) is 0.750. The Morgan fingerprint density at radius 2 is 2.33 bits per heavy atom. The molecule has 7 nitrogen and oxygen atoms in total. The Morgan fingerprint density at radius 1 is 1.60 bits per heavy atom. The molecule has 0 aromatic carbocycles. The molecule has 0 atom stereocenters. The van der Waals surface area contributed by atoms with Crippen LogP contribution in [0.25, 0.3) is 0 Å². The number of likely N-dealkylation sites (N-methyl/N-ethyl adjacent to an activating group) is 1. The van der Waals surface area contributed by atoms with Crippen molar-refractivity contribution in [1.29, 1.82) is 0 Å². The van der Waals surface area contributed by atoms with Gasteiger partial charge in [-0.2, -0.15) is 4.80 Å². The van der Waals surface area contributed by atoms with Gasteiger partial charge in [-0.25, -0.2) is 0 Å². The molecule has 1 rings (SSSR count). The molecule has 1 aromatic rings. The summed E-state index contributed by atoms with van der Waals surface area (Å²) in [6.07, 6.45) is 0. The third-order valence-electron chi connectivity index (χ3n) is 1.67. The van der Waals surface area contributed by atoms with Gasteiger partial charge in [0.2, 0.25) is 0 Å². The van der Waals surface area contributed by atoms with Crippen molar-refractivity contribution in [3.05, 3.63) is 5.82 Å². The maximum absolute atomic E-state index is 11.1. The third-order valence-corrected chi connectivity index (χ3v) is 1.67. The molecule has 0 saturated heterocycles. The number of aryl methyl sites for hydroxylation is 1. The number of hydrogen-bond donors (Lipinski definition) is 0. The Labute approximate surface area is 88.0 Å². The van der Waals surface area contributed by atoms with Crippen molar-refractivity contribution in [2.75, 3.05) is 20.2 Å². The van der Waals surface area contributed by atoms with E-state index in [0.717, 1.165) is 0 Å². The van der Waals surface area contributed by atoms with Crippen molar-refractivity contribution in [3.63, 3.8) is 0 Å². The Hall–Kier alpha value is -1.50. The van der Waals surface area contributed by atoms with E-state index in [0.29, 0.717) is 19.0 Å². The number of carbonyl (C=O) groups is 1. The third kappa shape index (κ3) is 4.03. The van der Waals surface area contributed by atoms with Crippen molar-refractivity contribution >= 4 is 5.97 Å². The summed E-state index contributed by atoms with van der Waals surface area (Å²) in [7, 11) is 3.50. The van der Waals surface area contributed by atoms with Gasteiger partial charge in [-0.15, -0.1) is 10.2 Å². The topological polar surface area (TPSA) is 73.1 Å². The zero-order valence-electron chi connectivity index (χ0n) is 9.17. The maximum Gasteiger partial charge on any atom is 0.320 e. The first-order chi connectivity index (χ1) is 7.11. The molecule has 0 bridgehead atoms. The minimum atomic E-state index is -0.246. The molecular weight excluding hydrogens is 198 g/mol. The molecule has 0 saturated carbocycles. The molecule has 0 aliphatic rings. The molecule has 1 heterocycles. The summed E-state index contributed by atoms with van der Waals surface area (Å²) in [5.74, 6) is 0.341. The van der Waals surface area contributed by atoms with Crippen LogP contribution in [0, 0.1) is 0 Å². The molecule has 0 fully saturated rings. The van der Waals surface area contributed by atoms with Crippen LogP contribution >= 0.6 is 0 Å². The summed E-state index contributed by atoms with van der Waals surface area (Å²) in [5, 5.41) is 11.5. The molecule has 0 radical (unpaired) electrons. The quantitative estimate of drug-likeness (QED) is 0.596. The normalized spacial score (nSPS) is 10.7. The van der Waals surface area contributed by atoms with Crippen LogP contribution in [0.5, 0.6) is 0 Å². The molecule has 0 amide bonds. The number of carbonyl (C=O) groups excluding carboxylic acids is 1. The van der Waals surface area contributed by atoms with Crippen LogP contribution in [-0.4, -0.2) is 51.3 Å². The van der Waals surface area contributed by atoms with E-state index >= 15 is 0 Å². The van der Waals surface area contributed by atoms with E-state index in [4.69, 9.17) is 4.74 Å². The highest BCUT2D eigenvalue weighted by molar-refractivity contribution is 5.71. The monoisotopic (exact) mass is 213 g/mol. The Kier molecular flexibility index (Phi) is 4.17. The number of nitrogens with zero attached hydrogens (tertiary/aromatic N) is 5. The zero-order valence-corrected chi connectivity index (χ0v) is 9.17. The summed E-state index contributed by atoms with van der Waals surface area (Å²) in [6, 6.07) is 0. The van der Waals surface area contributed by atoms with E-state index in [1.807, 2.05) is 0 Å². The second-order valence-electron chi connectivity index (χ2n) is 3.17.